The summed E-state index contributed by atoms with van der Waals surface area (Å²) >= 11 is 0. The zero-order chi connectivity index (χ0) is 19.6. The first-order valence-corrected chi connectivity index (χ1v) is 8.23. The maximum Gasteiger partial charge on any atom is 0.256 e. The standard InChI is InChI=1S/C18H20N4O5/c1-10-16(18(25)21-14(8-23)17(19)24)13-5-12(3-4-15(13)27-10)26-9-11-6-20-22(2)7-11/h3-7,14,23H,8-9H2,1-2H3,(H2,19,24)(H,21,25). The summed E-state index contributed by atoms with van der Waals surface area (Å²) in [5.41, 5.74) is 6.83. The Morgan fingerprint density at radius 3 is 2.85 bits per heavy atom. The monoisotopic (exact) mass is 372 g/mol. The molecule has 0 radical (unpaired) electrons. The smallest absolute Gasteiger partial charge is 0.256 e. The summed E-state index contributed by atoms with van der Waals surface area (Å²) in [5, 5.41) is 16.2. The molecule has 0 aliphatic heterocycles. The third-order valence-corrected chi connectivity index (χ3v) is 4.06. The molecule has 2 amide bonds. The van der Waals surface area contributed by atoms with Gasteiger partial charge in [0.25, 0.3) is 5.91 Å². The topological polar surface area (TPSA) is 133 Å². The molecule has 0 spiro atoms. The van der Waals surface area contributed by atoms with Crippen LogP contribution in [0.1, 0.15) is 21.7 Å². The Balaban J connectivity index is 1.85. The number of aliphatic hydroxyl groups is 1. The average molecular weight is 372 g/mol. The molecule has 27 heavy (non-hydrogen) atoms. The lowest BCUT2D eigenvalue weighted by Crippen LogP contribution is -2.46. The maximum absolute atomic E-state index is 12.6. The third-order valence-electron chi connectivity index (χ3n) is 4.06. The molecule has 2 heterocycles. The highest BCUT2D eigenvalue weighted by atomic mass is 16.5. The van der Waals surface area contributed by atoms with Gasteiger partial charge in [-0.3, -0.25) is 14.3 Å². The number of primary amides is 1. The van der Waals surface area contributed by atoms with Gasteiger partial charge in [-0.25, -0.2) is 0 Å². The van der Waals surface area contributed by atoms with E-state index in [9.17, 15) is 14.7 Å². The lowest BCUT2D eigenvalue weighted by atomic mass is 10.1. The first kappa shape index (κ1) is 18.5. The van der Waals surface area contributed by atoms with E-state index in [-0.39, 0.29) is 5.56 Å². The van der Waals surface area contributed by atoms with Crippen molar-refractivity contribution in [3.63, 3.8) is 0 Å². The first-order chi connectivity index (χ1) is 12.9. The van der Waals surface area contributed by atoms with Crippen molar-refractivity contribution in [2.24, 2.45) is 12.8 Å². The molecule has 0 aliphatic carbocycles. The molecule has 0 fully saturated rings. The van der Waals surface area contributed by atoms with Crippen molar-refractivity contribution in [2.75, 3.05) is 6.61 Å². The van der Waals surface area contributed by atoms with Crippen LogP contribution < -0.4 is 15.8 Å². The molecule has 2 aromatic heterocycles. The number of nitrogens with zero attached hydrogens (tertiary/aromatic N) is 2. The number of aryl methyl sites for hydroxylation is 2. The highest BCUT2D eigenvalue weighted by Crippen LogP contribution is 2.29. The Morgan fingerprint density at radius 1 is 1.44 bits per heavy atom. The third kappa shape index (κ3) is 3.93. The Hall–Kier alpha value is -3.33. The van der Waals surface area contributed by atoms with Crippen LogP contribution in [0.5, 0.6) is 5.75 Å². The Morgan fingerprint density at radius 2 is 2.22 bits per heavy atom. The zero-order valence-corrected chi connectivity index (χ0v) is 14.9. The number of hydrogen-bond acceptors (Lipinski definition) is 6. The number of hydrogen-bond donors (Lipinski definition) is 3. The van der Waals surface area contributed by atoms with Gasteiger partial charge in [0.15, 0.2) is 0 Å². The van der Waals surface area contributed by atoms with Crippen molar-refractivity contribution >= 4 is 22.8 Å². The van der Waals surface area contributed by atoms with Crippen molar-refractivity contribution in [3.8, 4) is 5.75 Å². The molecule has 0 bridgehead atoms. The number of nitrogens with one attached hydrogen (secondary N) is 1. The van der Waals surface area contributed by atoms with Gasteiger partial charge in [0.1, 0.15) is 29.7 Å². The normalized spacial score (nSPS) is 12.1. The van der Waals surface area contributed by atoms with E-state index < -0.39 is 24.5 Å². The van der Waals surface area contributed by atoms with E-state index in [0.717, 1.165) is 5.56 Å². The van der Waals surface area contributed by atoms with Crippen LogP contribution in [0.4, 0.5) is 0 Å². The highest BCUT2D eigenvalue weighted by Gasteiger charge is 2.23. The number of aliphatic hydroxyl groups excluding tert-OH is 1. The van der Waals surface area contributed by atoms with Crippen LogP contribution in [0.3, 0.4) is 0 Å². The summed E-state index contributed by atoms with van der Waals surface area (Å²) < 4.78 is 13.0. The van der Waals surface area contributed by atoms with Crippen molar-refractivity contribution in [1.29, 1.82) is 0 Å². The number of amides is 2. The molecular weight excluding hydrogens is 352 g/mol. The number of carbonyl (C=O) groups is 2. The maximum atomic E-state index is 12.6. The predicted octanol–water partition coefficient (Wildman–Crippen LogP) is 0.630. The summed E-state index contributed by atoms with van der Waals surface area (Å²) in [5.74, 6) is -0.451. The number of ether oxygens (including phenoxy) is 1. The lowest BCUT2D eigenvalue weighted by molar-refractivity contribution is -0.120. The number of aromatic nitrogens is 2. The highest BCUT2D eigenvalue weighted by molar-refractivity contribution is 6.08. The van der Waals surface area contributed by atoms with Crippen molar-refractivity contribution in [3.05, 3.63) is 47.5 Å². The van der Waals surface area contributed by atoms with Gasteiger partial charge < -0.3 is 25.3 Å². The van der Waals surface area contributed by atoms with Gasteiger partial charge in [0, 0.05) is 24.2 Å². The molecule has 1 unspecified atom stereocenters. The van der Waals surface area contributed by atoms with Crippen LogP contribution in [0.25, 0.3) is 11.0 Å². The van der Waals surface area contributed by atoms with Crippen LogP contribution in [0.15, 0.2) is 35.0 Å². The van der Waals surface area contributed by atoms with Crippen molar-refractivity contribution in [1.82, 2.24) is 15.1 Å². The molecule has 1 atom stereocenters. The number of carbonyl (C=O) groups excluding carboxylic acids is 2. The zero-order valence-electron chi connectivity index (χ0n) is 14.9. The van der Waals surface area contributed by atoms with E-state index in [1.54, 1.807) is 36.0 Å². The summed E-state index contributed by atoms with van der Waals surface area (Å²) in [6.45, 7) is 1.38. The van der Waals surface area contributed by atoms with Crippen LogP contribution in [0.2, 0.25) is 0 Å². The average Bonchev–Trinajstić information content (AvgIpc) is 3.19. The molecule has 3 rings (SSSR count). The van der Waals surface area contributed by atoms with Gasteiger partial charge in [0.2, 0.25) is 5.91 Å². The van der Waals surface area contributed by atoms with Gasteiger partial charge in [-0.2, -0.15) is 5.10 Å². The van der Waals surface area contributed by atoms with Gasteiger partial charge in [-0.15, -0.1) is 0 Å². The SMILES string of the molecule is Cc1oc2ccc(OCc3cnn(C)c3)cc2c1C(=O)NC(CO)C(N)=O. The van der Waals surface area contributed by atoms with E-state index >= 15 is 0 Å². The van der Waals surface area contributed by atoms with Gasteiger partial charge in [0.05, 0.1) is 18.4 Å². The summed E-state index contributed by atoms with van der Waals surface area (Å²) in [6, 6.07) is 3.96. The predicted molar refractivity (Wildman–Crippen MR) is 96.0 cm³/mol. The van der Waals surface area contributed by atoms with Crippen LogP contribution >= 0.6 is 0 Å². The molecule has 0 saturated carbocycles. The molecule has 1 aromatic carbocycles. The molecule has 4 N–H and O–H groups in total. The molecule has 142 valence electrons. The number of furan rings is 1. The van der Waals surface area contributed by atoms with Gasteiger partial charge >= 0.3 is 0 Å². The van der Waals surface area contributed by atoms with Gasteiger partial charge in [-0.1, -0.05) is 0 Å². The first-order valence-electron chi connectivity index (χ1n) is 8.23. The Labute approximate surface area is 154 Å². The number of rotatable bonds is 7. The van der Waals surface area contributed by atoms with Crippen LogP contribution in [0, 0.1) is 6.92 Å². The second-order valence-electron chi connectivity index (χ2n) is 6.11. The van der Waals surface area contributed by atoms with Crippen LogP contribution in [-0.2, 0) is 18.4 Å². The number of benzene rings is 1. The van der Waals surface area contributed by atoms with E-state index in [2.05, 4.69) is 10.4 Å². The van der Waals surface area contributed by atoms with Gasteiger partial charge in [-0.05, 0) is 25.1 Å². The summed E-state index contributed by atoms with van der Waals surface area (Å²) in [4.78, 5) is 23.8. The van der Waals surface area contributed by atoms with Crippen molar-refractivity contribution in [2.45, 2.75) is 19.6 Å². The lowest BCUT2D eigenvalue weighted by Gasteiger charge is -2.12. The minimum Gasteiger partial charge on any atom is -0.489 e. The second-order valence-corrected chi connectivity index (χ2v) is 6.11. The molecule has 9 heteroatoms. The summed E-state index contributed by atoms with van der Waals surface area (Å²) in [6.07, 6.45) is 3.55. The Bertz CT molecular complexity index is 991. The van der Waals surface area contributed by atoms with E-state index in [4.69, 9.17) is 14.9 Å². The van der Waals surface area contributed by atoms with Crippen LogP contribution in [-0.4, -0.2) is 39.4 Å². The quantitative estimate of drug-likeness (QED) is 0.557. The fourth-order valence-electron chi connectivity index (χ4n) is 2.72. The molecule has 3 aromatic rings. The Kier molecular flexibility index (Phi) is 5.13. The second kappa shape index (κ2) is 7.50. The molecule has 0 aliphatic rings. The minimum absolute atomic E-state index is 0.261. The van der Waals surface area contributed by atoms with E-state index in [0.29, 0.717) is 29.1 Å². The number of fused-ring (bicyclic) bond motifs is 1. The number of nitrogens with two attached hydrogens (primary N) is 1. The van der Waals surface area contributed by atoms with Crippen molar-refractivity contribution < 1.29 is 23.8 Å². The van der Waals surface area contributed by atoms with E-state index in [1.807, 2.05) is 13.2 Å². The molecule has 9 nitrogen and oxygen atoms in total. The minimum atomic E-state index is -1.17. The molecular formula is C18H20N4O5. The fourth-order valence-corrected chi connectivity index (χ4v) is 2.72. The summed E-state index contributed by atoms with van der Waals surface area (Å²) in [7, 11) is 1.82. The largest absolute Gasteiger partial charge is 0.489 e. The molecule has 0 saturated heterocycles. The van der Waals surface area contributed by atoms with E-state index in [1.165, 1.54) is 0 Å². The fraction of sp³-hybridized carbons (Fsp3) is 0.278.